The Morgan fingerprint density at radius 2 is 1.73 bits per heavy atom. The molecule has 0 aliphatic carbocycles. The van der Waals surface area contributed by atoms with E-state index in [2.05, 4.69) is 10.0 Å². The predicted molar refractivity (Wildman–Crippen MR) is 136 cm³/mol. The van der Waals surface area contributed by atoms with Gasteiger partial charge in [0.15, 0.2) is 5.78 Å². The lowest BCUT2D eigenvalue weighted by atomic mass is 10.0. The molecule has 2 atom stereocenters. The van der Waals surface area contributed by atoms with Crippen LogP contribution in [0.4, 0.5) is 0 Å². The van der Waals surface area contributed by atoms with Crippen LogP contribution < -0.4 is 21.5 Å². The van der Waals surface area contributed by atoms with Gasteiger partial charge in [-0.25, -0.2) is 13.1 Å². The lowest BCUT2D eigenvalue weighted by Crippen LogP contribution is -2.42. The summed E-state index contributed by atoms with van der Waals surface area (Å²) in [6, 6.07) is 3.86. The first kappa shape index (κ1) is 31.4. The Balaban J connectivity index is 2.75. The first-order chi connectivity index (χ1) is 17.3. The molecule has 0 aromatic heterocycles. The number of hydrogen-bond donors (Lipinski definition) is 7. The van der Waals surface area contributed by atoms with Gasteiger partial charge in [0.2, 0.25) is 15.9 Å². The molecule has 1 unspecified atom stereocenters. The highest BCUT2D eigenvalue weighted by Gasteiger charge is 2.26. The zero-order valence-corrected chi connectivity index (χ0v) is 21.2. The summed E-state index contributed by atoms with van der Waals surface area (Å²) >= 11 is 0. The fraction of sp³-hybridized carbons (Fsp3) is 0.478. The molecule has 1 rings (SSSR count). The number of carbonyl (C=O) groups is 4. The van der Waals surface area contributed by atoms with E-state index in [9.17, 15) is 27.6 Å². The number of amides is 1. The highest BCUT2D eigenvalue weighted by atomic mass is 32.2. The molecule has 13 nitrogen and oxygen atoms in total. The number of benzene rings is 1. The van der Waals surface area contributed by atoms with Crippen molar-refractivity contribution in [3.05, 3.63) is 35.4 Å². The molecule has 0 fully saturated rings. The Morgan fingerprint density at radius 3 is 2.32 bits per heavy atom. The standard InChI is InChI=1S/C23H34N6O7S/c24-20(25)7-2-1-6-17(13-30)28-21(32)10-9-19(31)18(8-11-22(33)34)29-37(35,36)14-15-4-3-5-16(12-15)23(26)27/h3-5,12-13,17-18,29H,1-2,6-11,14H2,(H3,24,25)(H3,26,27)(H,28,32)(H,33,34)/t17-,18?/m0/s1. The maximum atomic E-state index is 12.7. The summed E-state index contributed by atoms with van der Waals surface area (Å²) in [5.74, 6) is -3.21. The molecular weight excluding hydrogens is 504 g/mol. The lowest BCUT2D eigenvalue weighted by molar-refractivity contribution is -0.137. The Hall–Kier alpha value is -3.65. The first-order valence-corrected chi connectivity index (χ1v) is 13.2. The van der Waals surface area contributed by atoms with Crippen molar-refractivity contribution < 1.29 is 32.7 Å². The summed E-state index contributed by atoms with van der Waals surface area (Å²) in [5.41, 5.74) is 11.3. The van der Waals surface area contributed by atoms with Gasteiger partial charge in [-0.3, -0.25) is 25.2 Å². The number of carbonyl (C=O) groups excluding carboxylic acids is 3. The minimum Gasteiger partial charge on any atom is -0.481 e. The number of unbranched alkanes of at least 4 members (excludes halogenated alkanes) is 1. The van der Waals surface area contributed by atoms with Crippen LogP contribution in [0, 0.1) is 10.8 Å². The number of nitrogens with two attached hydrogens (primary N) is 2. The van der Waals surface area contributed by atoms with Gasteiger partial charge in [0.05, 0.1) is 23.7 Å². The highest BCUT2D eigenvalue weighted by Crippen LogP contribution is 2.12. The molecule has 1 aromatic rings. The Labute approximate surface area is 215 Å². The van der Waals surface area contributed by atoms with Gasteiger partial charge in [-0.2, -0.15) is 0 Å². The van der Waals surface area contributed by atoms with Crippen LogP contribution in [0.3, 0.4) is 0 Å². The predicted octanol–water partition coefficient (Wildman–Crippen LogP) is 0.153. The quantitative estimate of drug-likeness (QED) is 0.0547. The van der Waals surface area contributed by atoms with Gasteiger partial charge in [-0.1, -0.05) is 24.6 Å². The van der Waals surface area contributed by atoms with Crippen molar-refractivity contribution in [1.82, 2.24) is 10.0 Å². The highest BCUT2D eigenvalue weighted by molar-refractivity contribution is 7.88. The number of aliphatic carboxylic acids is 1. The molecule has 1 amide bonds. The largest absolute Gasteiger partial charge is 0.481 e. The summed E-state index contributed by atoms with van der Waals surface area (Å²) in [5, 5.41) is 26.1. The van der Waals surface area contributed by atoms with Crippen LogP contribution in [0.15, 0.2) is 24.3 Å². The first-order valence-electron chi connectivity index (χ1n) is 11.6. The molecule has 0 radical (unpaired) electrons. The number of nitrogen functional groups attached to an aromatic ring is 1. The monoisotopic (exact) mass is 538 g/mol. The molecule has 14 heteroatoms. The number of Topliss-reactive ketones (excluding diaryl/α,β-unsaturated/α-hetero) is 1. The molecule has 0 bridgehead atoms. The average Bonchev–Trinajstić information content (AvgIpc) is 2.81. The zero-order valence-electron chi connectivity index (χ0n) is 20.4. The lowest BCUT2D eigenvalue weighted by Gasteiger charge is -2.18. The van der Waals surface area contributed by atoms with Gasteiger partial charge >= 0.3 is 5.97 Å². The number of nitrogens with one attached hydrogen (secondary N) is 4. The van der Waals surface area contributed by atoms with Crippen molar-refractivity contribution in [2.75, 3.05) is 0 Å². The van der Waals surface area contributed by atoms with E-state index >= 15 is 0 Å². The van der Waals surface area contributed by atoms with Gasteiger partial charge in [-0.05, 0) is 30.9 Å². The number of hydrogen-bond acceptors (Lipinski definition) is 8. The maximum Gasteiger partial charge on any atom is 0.303 e. The van der Waals surface area contributed by atoms with Crippen molar-refractivity contribution in [2.45, 2.75) is 69.2 Å². The molecule has 37 heavy (non-hydrogen) atoms. The molecule has 0 saturated heterocycles. The molecule has 0 spiro atoms. The van der Waals surface area contributed by atoms with E-state index in [-0.39, 0.29) is 30.9 Å². The van der Waals surface area contributed by atoms with E-state index in [1.54, 1.807) is 0 Å². The maximum absolute atomic E-state index is 12.7. The smallest absolute Gasteiger partial charge is 0.303 e. The molecule has 0 saturated carbocycles. The van der Waals surface area contributed by atoms with Gasteiger partial charge in [0.1, 0.15) is 12.1 Å². The van der Waals surface area contributed by atoms with Crippen LogP contribution >= 0.6 is 0 Å². The summed E-state index contributed by atoms with van der Waals surface area (Å²) in [4.78, 5) is 47.2. The number of rotatable bonds is 19. The second-order valence-corrected chi connectivity index (χ2v) is 10.3. The normalized spacial score (nSPS) is 12.8. The third-order valence-corrected chi connectivity index (χ3v) is 6.63. The number of aldehydes is 1. The minimum atomic E-state index is -4.10. The van der Waals surface area contributed by atoms with E-state index in [0.717, 1.165) is 0 Å². The van der Waals surface area contributed by atoms with Crippen LogP contribution in [0.1, 0.15) is 62.5 Å². The number of ketones is 1. The van der Waals surface area contributed by atoms with E-state index in [4.69, 9.17) is 27.4 Å². The van der Waals surface area contributed by atoms with E-state index < -0.39 is 51.9 Å². The molecule has 204 valence electrons. The van der Waals surface area contributed by atoms with Gasteiger partial charge < -0.3 is 26.7 Å². The third kappa shape index (κ3) is 13.3. The SMILES string of the molecule is N=C(N)CCCC[C@@H](C=O)NC(=O)CCC(=O)C(CCC(=O)O)NS(=O)(=O)Cc1cccc(C(=N)N)c1. The van der Waals surface area contributed by atoms with Crippen LogP contribution in [0.5, 0.6) is 0 Å². The third-order valence-electron chi connectivity index (χ3n) is 5.27. The molecule has 9 N–H and O–H groups in total. The molecule has 1 aromatic carbocycles. The number of amidine groups is 2. The van der Waals surface area contributed by atoms with Crippen LogP contribution in [0.25, 0.3) is 0 Å². The van der Waals surface area contributed by atoms with E-state index in [1.807, 2.05) is 0 Å². The Bertz CT molecular complexity index is 1110. The summed E-state index contributed by atoms with van der Waals surface area (Å²) < 4.78 is 27.6. The Kier molecular flexibility index (Phi) is 13.1. The molecule has 0 aliphatic heterocycles. The summed E-state index contributed by atoms with van der Waals surface area (Å²) in [7, 11) is -4.10. The number of carboxylic acids is 1. The van der Waals surface area contributed by atoms with Crippen molar-refractivity contribution in [3.63, 3.8) is 0 Å². The van der Waals surface area contributed by atoms with E-state index in [0.29, 0.717) is 43.1 Å². The van der Waals surface area contributed by atoms with Crippen LogP contribution in [-0.4, -0.2) is 61.2 Å². The fourth-order valence-electron chi connectivity index (χ4n) is 3.40. The molecule has 0 aliphatic rings. The second-order valence-electron chi connectivity index (χ2n) is 8.52. The molecule has 0 heterocycles. The van der Waals surface area contributed by atoms with Crippen molar-refractivity contribution >= 4 is 45.6 Å². The average molecular weight is 539 g/mol. The van der Waals surface area contributed by atoms with Crippen molar-refractivity contribution in [2.24, 2.45) is 11.5 Å². The van der Waals surface area contributed by atoms with Crippen LogP contribution in [0.2, 0.25) is 0 Å². The van der Waals surface area contributed by atoms with Crippen LogP contribution in [-0.2, 0) is 35.0 Å². The van der Waals surface area contributed by atoms with Gasteiger partial charge in [-0.15, -0.1) is 0 Å². The fourth-order valence-corrected chi connectivity index (χ4v) is 4.79. The van der Waals surface area contributed by atoms with Gasteiger partial charge in [0.25, 0.3) is 0 Å². The number of sulfonamides is 1. The number of carboxylic acid groups (broad SMARTS) is 1. The summed E-state index contributed by atoms with van der Waals surface area (Å²) in [6.07, 6.45) is 0.949. The van der Waals surface area contributed by atoms with Gasteiger partial charge in [0, 0.05) is 31.2 Å². The van der Waals surface area contributed by atoms with Crippen molar-refractivity contribution in [1.29, 1.82) is 10.8 Å². The van der Waals surface area contributed by atoms with Crippen molar-refractivity contribution in [3.8, 4) is 0 Å². The molecular formula is C23H34N6O7S. The second kappa shape index (κ2) is 15.5. The summed E-state index contributed by atoms with van der Waals surface area (Å²) in [6.45, 7) is 0. The Morgan fingerprint density at radius 1 is 1.03 bits per heavy atom. The minimum absolute atomic E-state index is 0.0304. The zero-order chi connectivity index (χ0) is 28.0. The van der Waals surface area contributed by atoms with E-state index in [1.165, 1.54) is 24.3 Å². The topological polar surface area (TPSA) is 246 Å².